The Balaban J connectivity index is 1.99. The second kappa shape index (κ2) is 5.59. The number of pyridine rings is 1. The third kappa shape index (κ3) is 3.39. The summed E-state index contributed by atoms with van der Waals surface area (Å²) in [5, 5.41) is 0. The van der Waals surface area contributed by atoms with Crippen LogP contribution < -0.4 is 10.5 Å². The van der Waals surface area contributed by atoms with Crippen LogP contribution in [0.4, 0.5) is 5.69 Å². The van der Waals surface area contributed by atoms with Crippen LogP contribution >= 0.6 is 11.8 Å². The van der Waals surface area contributed by atoms with Crippen molar-refractivity contribution in [1.29, 1.82) is 0 Å². The monoisotopic (exact) mass is 246 g/mol. The number of ether oxygens (including phenoxy) is 1. The van der Waals surface area contributed by atoms with Gasteiger partial charge in [-0.25, -0.2) is 4.98 Å². The topological polar surface area (TPSA) is 48.1 Å². The third-order valence-corrected chi connectivity index (χ3v) is 3.30. The zero-order valence-electron chi connectivity index (χ0n) is 9.59. The van der Waals surface area contributed by atoms with Crippen molar-refractivity contribution in [2.45, 2.75) is 10.6 Å². The van der Waals surface area contributed by atoms with Crippen molar-refractivity contribution in [2.75, 3.05) is 12.8 Å². The van der Waals surface area contributed by atoms with Gasteiger partial charge in [0.15, 0.2) is 0 Å². The molecule has 0 spiro atoms. The van der Waals surface area contributed by atoms with Gasteiger partial charge in [-0.15, -0.1) is 11.8 Å². The molecule has 1 heterocycles. The molecule has 0 atom stereocenters. The maximum Gasteiger partial charge on any atom is 0.213 e. The molecule has 0 aliphatic heterocycles. The van der Waals surface area contributed by atoms with Gasteiger partial charge in [0.05, 0.1) is 12.8 Å². The Morgan fingerprint density at radius 2 is 1.94 bits per heavy atom. The summed E-state index contributed by atoms with van der Waals surface area (Å²) in [4.78, 5) is 5.54. The first-order valence-corrected chi connectivity index (χ1v) is 6.25. The van der Waals surface area contributed by atoms with Crippen LogP contribution in [0.2, 0.25) is 0 Å². The molecule has 4 heteroatoms. The lowest BCUT2D eigenvalue weighted by molar-refractivity contribution is 0.397. The van der Waals surface area contributed by atoms with Crippen molar-refractivity contribution in [2.24, 2.45) is 0 Å². The minimum Gasteiger partial charge on any atom is -0.481 e. The molecule has 2 aromatic rings. The van der Waals surface area contributed by atoms with E-state index in [4.69, 9.17) is 10.5 Å². The second-order valence-electron chi connectivity index (χ2n) is 3.53. The highest BCUT2D eigenvalue weighted by atomic mass is 32.2. The quantitative estimate of drug-likeness (QED) is 0.665. The average molecular weight is 246 g/mol. The predicted octanol–water partition coefficient (Wildman–Crippen LogP) is 2.96. The molecule has 3 nitrogen and oxygen atoms in total. The van der Waals surface area contributed by atoms with Gasteiger partial charge in [-0.3, -0.25) is 0 Å². The van der Waals surface area contributed by atoms with E-state index in [1.54, 1.807) is 18.9 Å². The molecule has 1 aromatic heterocycles. The highest BCUT2D eigenvalue weighted by Gasteiger charge is 1.99. The fraction of sp³-hybridized carbons (Fsp3) is 0.154. The van der Waals surface area contributed by atoms with Gasteiger partial charge in [0.25, 0.3) is 0 Å². The summed E-state index contributed by atoms with van der Waals surface area (Å²) in [6.07, 6.45) is 0. The minimum absolute atomic E-state index is 0.653. The van der Waals surface area contributed by atoms with E-state index in [1.807, 2.05) is 42.5 Å². The van der Waals surface area contributed by atoms with Crippen LogP contribution in [0.25, 0.3) is 0 Å². The van der Waals surface area contributed by atoms with Crippen molar-refractivity contribution in [1.82, 2.24) is 4.98 Å². The third-order valence-electron chi connectivity index (χ3n) is 2.26. The van der Waals surface area contributed by atoms with Crippen LogP contribution in [0.1, 0.15) is 5.69 Å². The van der Waals surface area contributed by atoms with Crippen LogP contribution in [0.15, 0.2) is 47.4 Å². The van der Waals surface area contributed by atoms with E-state index in [1.165, 1.54) is 4.90 Å². The Hall–Kier alpha value is -1.68. The summed E-state index contributed by atoms with van der Waals surface area (Å²) in [6, 6.07) is 13.6. The van der Waals surface area contributed by atoms with Crippen molar-refractivity contribution in [3.05, 3.63) is 48.2 Å². The Morgan fingerprint density at radius 1 is 1.18 bits per heavy atom. The maximum absolute atomic E-state index is 5.63. The Kier molecular flexibility index (Phi) is 3.88. The highest BCUT2D eigenvalue weighted by Crippen LogP contribution is 2.23. The molecular weight excluding hydrogens is 232 g/mol. The van der Waals surface area contributed by atoms with Gasteiger partial charge in [-0.1, -0.05) is 6.07 Å². The number of methoxy groups -OCH3 is 1. The second-order valence-corrected chi connectivity index (χ2v) is 4.58. The molecule has 17 heavy (non-hydrogen) atoms. The molecule has 0 bridgehead atoms. The molecule has 1 aromatic carbocycles. The number of nitrogens with two attached hydrogens (primary N) is 1. The largest absolute Gasteiger partial charge is 0.481 e. The Bertz CT molecular complexity index is 485. The summed E-state index contributed by atoms with van der Waals surface area (Å²) in [5.41, 5.74) is 7.43. The lowest BCUT2D eigenvalue weighted by Crippen LogP contribution is -1.91. The average Bonchev–Trinajstić information content (AvgIpc) is 2.38. The van der Waals surface area contributed by atoms with E-state index in [9.17, 15) is 0 Å². The number of aromatic nitrogens is 1. The van der Waals surface area contributed by atoms with Crippen molar-refractivity contribution < 1.29 is 4.74 Å². The standard InChI is InChI=1S/C13H14N2OS/c1-16-13-4-2-3-11(15-13)9-17-12-7-5-10(14)6-8-12/h2-8H,9,14H2,1H3. The summed E-state index contributed by atoms with van der Waals surface area (Å²) >= 11 is 1.73. The van der Waals surface area contributed by atoms with Crippen molar-refractivity contribution >= 4 is 17.4 Å². The number of hydrogen-bond donors (Lipinski definition) is 1. The molecule has 2 rings (SSSR count). The summed E-state index contributed by atoms with van der Waals surface area (Å²) in [7, 11) is 1.62. The lowest BCUT2D eigenvalue weighted by Gasteiger charge is -2.04. The number of nitrogen functional groups attached to an aromatic ring is 1. The summed E-state index contributed by atoms with van der Waals surface area (Å²) in [6.45, 7) is 0. The van der Waals surface area contributed by atoms with E-state index >= 15 is 0 Å². The van der Waals surface area contributed by atoms with Gasteiger partial charge >= 0.3 is 0 Å². The summed E-state index contributed by atoms with van der Waals surface area (Å²) < 4.78 is 5.09. The molecule has 0 fully saturated rings. The van der Waals surface area contributed by atoms with E-state index < -0.39 is 0 Å². The number of thioether (sulfide) groups is 1. The first kappa shape index (κ1) is 11.8. The molecule has 0 unspecified atom stereocenters. The van der Waals surface area contributed by atoms with Crippen LogP contribution in [-0.2, 0) is 5.75 Å². The predicted molar refractivity (Wildman–Crippen MR) is 71.2 cm³/mol. The summed E-state index contributed by atoms with van der Waals surface area (Å²) in [5.74, 6) is 1.47. The normalized spacial score (nSPS) is 10.2. The minimum atomic E-state index is 0.653. The first-order chi connectivity index (χ1) is 8.28. The molecule has 88 valence electrons. The number of hydrogen-bond acceptors (Lipinski definition) is 4. The van der Waals surface area contributed by atoms with Crippen molar-refractivity contribution in [3.8, 4) is 5.88 Å². The van der Waals surface area contributed by atoms with E-state index in [0.29, 0.717) is 5.88 Å². The maximum atomic E-state index is 5.63. The molecule has 0 radical (unpaired) electrons. The first-order valence-electron chi connectivity index (χ1n) is 5.26. The fourth-order valence-electron chi connectivity index (χ4n) is 1.37. The van der Waals surface area contributed by atoms with Crippen LogP contribution in [0, 0.1) is 0 Å². The molecule has 0 saturated carbocycles. The highest BCUT2D eigenvalue weighted by molar-refractivity contribution is 7.98. The molecular formula is C13H14N2OS. The van der Waals surface area contributed by atoms with Crippen molar-refractivity contribution in [3.63, 3.8) is 0 Å². The van der Waals surface area contributed by atoms with E-state index in [2.05, 4.69) is 4.98 Å². The molecule has 0 amide bonds. The Labute approximate surface area is 105 Å². The van der Waals surface area contributed by atoms with Gasteiger partial charge in [0.2, 0.25) is 5.88 Å². The van der Waals surface area contributed by atoms with Gasteiger partial charge in [-0.05, 0) is 30.3 Å². The molecule has 0 saturated heterocycles. The number of rotatable bonds is 4. The molecule has 2 N–H and O–H groups in total. The number of anilines is 1. The van der Waals surface area contributed by atoms with Crippen LogP contribution in [-0.4, -0.2) is 12.1 Å². The fourth-order valence-corrected chi connectivity index (χ4v) is 2.18. The number of nitrogens with zero attached hydrogens (tertiary/aromatic N) is 1. The van der Waals surface area contributed by atoms with Crippen LogP contribution in [0.3, 0.4) is 0 Å². The lowest BCUT2D eigenvalue weighted by atomic mass is 10.3. The van der Waals surface area contributed by atoms with Gasteiger partial charge < -0.3 is 10.5 Å². The van der Waals surface area contributed by atoms with Gasteiger partial charge in [0.1, 0.15) is 0 Å². The smallest absolute Gasteiger partial charge is 0.213 e. The van der Waals surface area contributed by atoms with Gasteiger partial charge in [0, 0.05) is 22.4 Å². The zero-order chi connectivity index (χ0) is 12.1. The van der Waals surface area contributed by atoms with Gasteiger partial charge in [-0.2, -0.15) is 0 Å². The van der Waals surface area contributed by atoms with E-state index in [0.717, 1.165) is 17.1 Å². The van der Waals surface area contributed by atoms with Crippen LogP contribution in [0.5, 0.6) is 5.88 Å². The SMILES string of the molecule is COc1cccc(CSc2ccc(N)cc2)n1. The van der Waals surface area contributed by atoms with E-state index in [-0.39, 0.29) is 0 Å². The molecule has 0 aliphatic carbocycles. The molecule has 0 aliphatic rings. The zero-order valence-corrected chi connectivity index (χ0v) is 10.4. The number of benzene rings is 1. The Morgan fingerprint density at radius 3 is 2.65 bits per heavy atom.